The molecule has 6 heteroatoms. The van der Waals surface area contributed by atoms with Gasteiger partial charge in [0.05, 0.1) is 11.1 Å². The zero-order valence-corrected chi connectivity index (χ0v) is 16.6. The van der Waals surface area contributed by atoms with Gasteiger partial charge in [0, 0.05) is 28.8 Å². The van der Waals surface area contributed by atoms with Gasteiger partial charge in [-0.2, -0.15) is 0 Å². The first-order valence-corrected chi connectivity index (χ1v) is 9.12. The second-order valence-corrected chi connectivity index (χ2v) is 7.14. The number of anilines is 2. The largest absolute Gasteiger partial charge is 0.322 e. The molecule has 0 unspecified atom stereocenters. The van der Waals surface area contributed by atoms with E-state index in [4.69, 9.17) is 11.6 Å². The second kappa shape index (κ2) is 8.23. The fraction of sp³-hybridized carbons (Fsp3) is 0.136. The number of amides is 2. The molecule has 0 radical (unpaired) electrons. The number of pyridine rings is 1. The highest BCUT2D eigenvalue weighted by Gasteiger charge is 2.13. The van der Waals surface area contributed by atoms with Crippen molar-refractivity contribution in [1.29, 1.82) is 0 Å². The lowest BCUT2D eigenvalue weighted by Gasteiger charge is -2.10. The summed E-state index contributed by atoms with van der Waals surface area (Å²) in [5.74, 6) is -0.690. The Morgan fingerprint density at radius 1 is 0.821 bits per heavy atom. The normalized spacial score (nSPS) is 10.4. The molecule has 1 aromatic heterocycles. The average molecular weight is 394 g/mol. The van der Waals surface area contributed by atoms with E-state index in [1.54, 1.807) is 12.1 Å². The third kappa shape index (κ3) is 4.75. The standard InChI is InChI=1S/C22H20ClN3O2/c1-13-6-14(2)8-19(7-13)25-21(27)16-9-17(12-24-11-16)22(28)26-20-10-18(23)5-4-15(20)3/h4-12H,1-3H3,(H,25,27)(H,26,28). The van der Waals surface area contributed by atoms with Gasteiger partial charge < -0.3 is 10.6 Å². The van der Waals surface area contributed by atoms with E-state index in [9.17, 15) is 9.59 Å². The quantitative estimate of drug-likeness (QED) is 0.642. The number of carbonyl (C=O) groups excluding carboxylic acids is 2. The first kappa shape index (κ1) is 19.6. The highest BCUT2D eigenvalue weighted by Crippen LogP contribution is 2.21. The Bertz CT molecular complexity index is 1040. The molecule has 142 valence electrons. The number of aromatic nitrogens is 1. The van der Waals surface area contributed by atoms with Crippen LogP contribution in [0.5, 0.6) is 0 Å². The summed E-state index contributed by atoms with van der Waals surface area (Å²) in [6, 6.07) is 12.6. The third-order valence-corrected chi connectivity index (χ3v) is 4.43. The van der Waals surface area contributed by atoms with Crippen LogP contribution in [-0.2, 0) is 0 Å². The van der Waals surface area contributed by atoms with Crippen molar-refractivity contribution in [3.8, 4) is 0 Å². The van der Waals surface area contributed by atoms with Crippen LogP contribution in [-0.4, -0.2) is 16.8 Å². The lowest BCUT2D eigenvalue weighted by Crippen LogP contribution is -2.16. The van der Waals surface area contributed by atoms with Gasteiger partial charge >= 0.3 is 0 Å². The van der Waals surface area contributed by atoms with Gasteiger partial charge in [-0.05, 0) is 67.8 Å². The molecule has 0 aliphatic heterocycles. The van der Waals surface area contributed by atoms with E-state index in [0.29, 0.717) is 22.0 Å². The van der Waals surface area contributed by atoms with Gasteiger partial charge in [-0.1, -0.05) is 23.7 Å². The molecule has 1 heterocycles. The number of aryl methyl sites for hydroxylation is 3. The zero-order chi connectivity index (χ0) is 20.3. The maximum absolute atomic E-state index is 12.6. The van der Waals surface area contributed by atoms with Gasteiger partial charge in [0.1, 0.15) is 0 Å². The molecule has 0 aliphatic carbocycles. The van der Waals surface area contributed by atoms with Crippen LogP contribution in [0.25, 0.3) is 0 Å². The molecule has 0 saturated carbocycles. The molecule has 2 aromatic carbocycles. The topological polar surface area (TPSA) is 71.1 Å². The monoisotopic (exact) mass is 393 g/mol. The average Bonchev–Trinajstić information content (AvgIpc) is 2.64. The Kier molecular flexibility index (Phi) is 5.76. The summed E-state index contributed by atoms with van der Waals surface area (Å²) in [4.78, 5) is 29.2. The Balaban J connectivity index is 1.78. The molecule has 0 spiro atoms. The molecule has 0 bridgehead atoms. The zero-order valence-electron chi connectivity index (χ0n) is 15.8. The van der Waals surface area contributed by atoms with E-state index < -0.39 is 0 Å². The smallest absolute Gasteiger partial charge is 0.257 e. The molecule has 28 heavy (non-hydrogen) atoms. The molecule has 0 aliphatic rings. The van der Waals surface area contributed by atoms with Crippen LogP contribution in [0, 0.1) is 20.8 Å². The minimum absolute atomic E-state index is 0.285. The van der Waals surface area contributed by atoms with Gasteiger partial charge in [-0.3, -0.25) is 14.6 Å². The van der Waals surface area contributed by atoms with Crippen LogP contribution in [0.3, 0.4) is 0 Å². The molecule has 0 saturated heterocycles. The Morgan fingerprint density at radius 2 is 1.43 bits per heavy atom. The number of nitrogens with zero attached hydrogens (tertiary/aromatic N) is 1. The van der Waals surface area contributed by atoms with Crippen molar-refractivity contribution in [2.45, 2.75) is 20.8 Å². The number of hydrogen-bond donors (Lipinski definition) is 2. The van der Waals surface area contributed by atoms with E-state index in [1.165, 1.54) is 18.5 Å². The maximum Gasteiger partial charge on any atom is 0.257 e. The fourth-order valence-corrected chi connectivity index (χ4v) is 3.03. The highest BCUT2D eigenvalue weighted by molar-refractivity contribution is 6.31. The van der Waals surface area contributed by atoms with Crippen molar-refractivity contribution in [2.24, 2.45) is 0 Å². The molecular weight excluding hydrogens is 374 g/mol. The van der Waals surface area contributed by atoms with Crippen molar-refractivity contribution in [1.82, 2.24) is 4.98 Å². The maximum atomic E-state index is 12.6. The number of rotatable bonds is 4. The third-order valence-electron chi connectivity index (χ3n) is 4.19. The van der Waals surface area contributed by atoms with Crippen LogP contribution >= 0.6 is 11.6 Å². The highest BCUT2D eigenvalue weighted by atomic mass is 35.5. The van der Waals surface area contributed by atoms with Crippen LogP contribution in [0.1, 0.15) is 37.4 Å². The van der Waals surface area contributed by atoms with Crippen LogP contribution in [0.4, 0.5) is 11.4 Å². The Hall–Kier alpha value is -3.18. The predicted octanol–water partition coefficient (Wildman–Crippen LogP) is 5.16. The van der Waals surface area contributed by atoms with Crippen molar-refractivity contribution in [3.05, 3.63) is 87.7 Å². The SMILES string of the molecule is Cc1cc(C)cc(NC(=O)c2cncc(C(=O)Nc3cc(Cl)ccc3C)c2)c1. The number of hydrogen-bond acceptors (Lipinski definition) is 3. The molecule has 5 nitrogen and oxygen atoms in total. The minimum atomic E-state index is -0.362. The van der Waals surface area contributed by atoms with Gasteiger partial charge in [-0.25, -0.2) is 0 Å². The van der Waals surface area contributed by atoms with Crippen molar-refractivity contribution >= 4 is 34.8 Å². The van der Waals surface area contributed by atoms with E-state index >= 15 is 0 Å². The van der Waals surface area contributed by atoms with Crippen LogP contribution in [0.15, 0.2) is 54.9 Å². The summed E-state index contributed by atoms with van der Waals surface area (Å²) in [6.07, 6.45) is 2.85. The summed E-state index contributed by atoms with van der Waals surface area (Å²) in [7, 11) is 0. The lowest BCUT2D eigenvalue weighted by atomic mass is 10.1. The number of halogens is 1. The van der Waals surface area contributed by atoms with Crippen LogP contribution in [0.2, 0.25) is 5.02 Å². The van der Waals surface area contributed by atoms with Gasteiger partial charge in [-0.15, -0.1) is 0 Å². The van der Waals surface area contributed by atoms with Gasteiger partial charge in [0.25, 0.3) is 11.8 Å². The summed E-state index contributed by atoms with van der Waals surface area (Å²) in [5.41, 5.74) is 4.89. The first-order valence-electron chi connectivity index (χ1n) is 8.74. The van der Waals surface area contributed by atoms with Gasteiger partial charge in [0.15, 0.2) is 0 Å². The molecule has 3 aromatic rings. The molecular formula is C22H20ClN3O2. The molecule has 2 amide bonds. The summed E-state index contributed by atoms with van der Waals surface area (Å²) in [5, 5.41) is 6.18. The Morgan fingerprint density at radius 3 is 2.07 bits per heavy atom. The van der Waals surface area contributed by atoms with Crippen molar-refractivity contribution < 1.29 is 9.59 Å². The molecule has 0 fully saturated rings. The van der Waals surface area contributed by atoms with Crippen LogP contribution < -0.4 is 10.6 Å². The number of carbonyl (C=O) groups is 2. The lowest BCUT2D eigenvalue weighted by molar-refractivity contribution is 0.102. The van der Waals surface area contributed by atoms with E-state index in [2.05, 4.69) is 15.6 Å². The fourth-order valence-electron chi connectivity index (χ4n) is 2.86. The number of nitrogens with one attached hydrogen (secondary N) is 2. The molecule has 0 atom stereocenters. The molecule has 2 N–H and O–H groups in total. The molecule has 3 rings (SSSR count). The van der Waals surface area contributed by atoms with Crippen molar-refractivity contribution in [2.75, 3.05) is 10.6 Å². The van der Waals surface area contributed by atoms with E-state index in [1.807, 2.05) is 45.0 Å². The second-order valence-electron chi connectivity index (χ2n) is 6.71. The summed E-state index contributed by atoms with van der Waals surface area (Å²) in [6.45, 7) is 5.80. The minimum Gasteiger partial charge on any atom is -0.322 e. The summed E-state index contributed by atoms with van der Waals surface area (Å²) >= 11 is 6.00. The first-order chi connectivity index (χ1) is 13.3. The van der Waals surface area contributed by atoms with E-state index in [0.717, 1.165) is 16.7 Å². The van der Waals surface area contributed by atoms with Crippen molar-refractivity contribution in [3.63, 3.8) is 0 Å². The predicted molar refractivity (Wildman–Crippen MR) is 112 cm³/mol. The van der Waals surface area contributed by atoms with E-state index in [-0.39, 0.29) is 17.4 Å². The Labute approximate surface area is 168 Å². The number of benzene rings is 2. The van der Waals surface area contributed by atoms with Gasteiger partial charge in [0.2, 0.25) is 0 Å². The summed E-state index contributed by atoms with van der Waals surface area (Å²) < 4.78 is 0.